The molecule has 2 amide bonds. The molecule has 0 radical (unpaired) electrons. The van der Waals surface area contributed by atoms with E-state index in [-0.39, 0.29) is 37.1 Å². The van der Waals surface area contributed by atoms with Crippen molar-refractivity contribution in [2.24, 2.45) is 5.41 Å². The molecule has 0 unspecified atom stereocenters. The molecule has 1 rings (SSSR count). The van der Waals surface area contributed by atoms with Crippen molar-refractivity contribution < 1.29 is 43.0 Å². The Morgan fingerprint density at radius 1 is 1.09 bits per heavy atom. The molecule has 32 heavy (non-hydrogen) atoms. The molecule has 1 aliphatic heterocycles. The Kier molecular flexibility index (Phi) is 11.2. The highest BCUT2D eigenvalue weighted by atomic mass is 32.2. The molecular weight excluding hydrogens is 444 g/mol. The van der Waals surface area contributed by atoms with Gasteiger partial charge < -0.3 is 24.8 Å². The van der Waals surface area contributed by atoms with Gasteiger partial charge in [0, 0.05) is 48.9 Å². The van der Waals surface area contributed by atoms with Crippen LogP contribution in [0.2, 0.25) is 0 Å². The topological polar surface area (TPSA) is 154 Å². The van der Waals surface area contributed by atoms with Crippen molar-refractivity contribution >= 4 is 46.6 Å². The SMILES string of the molecule is COC(=O)/C=C/C(=O)O[C@H]1C(=O)NCCC(=O)NCCSC(=O)/C=C/C(=O)OCC1(C)C. The van der Waals surface area contributed by atoms with E-state index in [4.69, 9.17) is 9.47 Å². The number of cyclic esters (lactones) is 1. The Balaban J connectivity index is 3.03. The van der Waals surface area contributed by atoms with Crippen LogP contribution >= 0.6 is 11.8 Å². The van der Waals surface area contributed by atoms with Crippen LogP contribution in [0.15, 0.2) is 24.3 Å². The van der Waals surface area contributed by atoms with Crippen molar-refractivity contribution in [1.82, 2.24) is 10.6 Å². The second kappa shape index (κ2) is 13.3. The van der Waals surface area contributed by atoms with Gasteiger partial charge in [-0.1, -0.05) is 25.6 Å². The maximum Gasteiger partial charge on any atom is 0.331 e. The molecule has 0 aromatic heterocycles. The van der Waals surface area contributed by atoms with Crippen LogP contribution in [0.25, 0.3) is 0 Å². The zero-order valence-electron chi connectivity index (χ0n) is 18.0. The minimum atomic E-state index is -1.43. The van der Waals surface area contributed by atoms with E-state index in [1.165, 1.54) is 13.8 Å². The Hall–Kier alpha value is -3.15. The molecule has 1 atom stereocenters. The quantitative estimate of drug-likeness (QED) is 0.318. The van der Waals surface area contributed by atoms with Gasteiger partial charge in [-0.15, -0.1) is 0 Å². The molecular formula is C20H26N2O9S. The van der Waals surface area contributed by atoms with Crippen LogP contribution in [0.5, 0.6) is 0 Å². The van der Waals surface area contributed by atoms with Crippen LogP contribution in [0.3, 0.4) is 0 Å². The molecule has 0 bridgehead atoms. The van der Waals surface area contributed by atoms with E-state index in [1.54, 1.807) is 0 Å². The van der Waals surface area contributed by atoms with Gasteiger partial charge >= 0.3 is 17.9 Å². The summed E-state index contributed by atoms with van der Waals surface area (Å²) < 4.78 is 14.7. The molecule has 176 valence electrons. The lowest BCUT2D eigenvalue weighted by molar-refractivity contribution is -0.164. The second-order valence-electron chi connectivity index (χ2n) is 7.16. The predicted octanol–water partition coefficient (Wildman–Crippen LogP) is -0.351. The van der Waals surface area contributed by atoms with E-state index in [2.05, 4.69) is 15.4 Å². The molecule has 2 N–H and O–H groups in total. The van der Waals surface area contributed by atoms with E-state index in [0.29, 0.717) is 5.75 Å². The lowest BCUT2D eigenvalue weighted by atomic mass is 9.86. The fraction of sp³-hybridized carbons (Fsp3) is 0.500. The van der Waals surface area contributed by atoms with Crippen molar-refractivity contribution in [2.75, 3.05) is 32.6 Å². The van der Waals surface area contributed by atoms with Crippen LogP contribution < -0.4 is 10.6 Å². The maximum atomic E-state index is 12.7. The van der Waals surface area contributed by atoms with Gasteiger partial charge in [-0.05, 0) is 6.08 Å². The Bertz CT molecular complexity index is 805. The first kappa shape index (κ1) is 26.9. The van der Waals surface area contributed by atoms with Gasteiger partial charge in [0.2, 0.25) is 11.0 Å². The van der Waals surface area contributed by atoms with E-state index in [0.717, 1.165) is 43.2 Å². The first-order chi connectivity index (χ1) is 15.0. The largest absolute Gasteiger partial charge is 0.466 e. The van der Waals surface area contributed by atoms with E-state index >= 15 is 0 Å². The third kappa shape index (κ3) is 10.2. The van der Waals surface area contributed by atoms with Gasteiger partial charge in [0.15, 0.2) is 6.10 Å². The first-order valence-electron chi connectivity index (χ1n) is 9.58. The van der Waals surface area contributed by atoms with Crippen molar-refractivity contribution in [3.63, 3.8) is 0 Å². The van der Waals surface area contributed by atoms with Crippen molar-refractivity contribution in [3.8, 4) is 0 Å². The zero-order chi connectivity index (χ0) is 24.1. The smallest absolute Gasteiger partial charge is 0.331 e. The van der Waals surface area contributed by atoms with Gasteiger partial charge in [-0.2, -0.15) is 0 Å². The molecule has 0 fully saturated rings. The summed E-state index contributed by atoms with van der Waals surface area (Å²) in [6, 6.07) is 0. The minimum Gasteiger partial charge on any atom is -0.466 e. The molecule has 0 aromatic carbocycles. The van der Waals surface area contributed by atoms with Crippen LogP contribution in [0.1, 0.15) is 20.3 Å². The van der Waals surface area contributed by atoms with Crippen LogP contribution in [0.4, 0.5) is 0 Å². The predicted molar refractivity (Wildman–Crippen MR) is 113 cm³/mol. The van der Waals surface area contributed by atoms with E-state index in [1.807, 2.05) is 0 Å². The molecule has 0 spiro atoms. The van der Waals surface area contributed by atoms with Gasteiger partial charge in [0.25, 0.3) is 5.91 Å². The average molecular weight is 471 g/mol. The fourth-order valence-corrected chi connectivity index (χ4v) is 2.88. The number of carbonyl (C=O) groups excluding carboxylic acids is 6. The molecule has 1 aliphatic rings. The molecule has 11 nitrogen and oxygen atoms in total. The lowest BCUT2D eigenvalue weighted by Gasteiger charge is -2.31. The number of hydrogen-bond acceptors (Lipinski definition) is 10. The molecule has 1 heterocycles. The number of thioether (sulfide) groups is 1. The summed E-state index contributed by atoms with van der Waals surface area (Å²) in [5, 5.41) is 4.71. The van der Waals surface area contributed by atoms with Crippen LogP contribution in [0, 0.1) is 5.41 Å². The summed E-state index contributed by atoms with van der Waals surface area (Å²) >= 11 is 0.921. The van der Waals surface area contributed by atoms with Crippen molar-refractivity contribution in [1.29, 1.82) is 0 Å². The molecule has 0 aliphatic carbocycles. The number of carbonyl (C=O) groups is 6. The number of esters is 3. The highest BCUT2D eigenvalue weighted by Crippen LogP contribution is 2.25. The summed E-state index contributed by atoms with van der Waals surface area (Å²) in [5.41, 5.74) is -1.20. The van der Waals surface area contributed by atoms with Gasteiger partial charge in [0.05, 0.1) is 7.11 Å². The lowest BCUT2D eigenvalue weighted by Crippen LogP contribution is -2.49. The molecule has 0 saturated carbocycles. The molecule has 0 aromatic rings. The van der Waals surface area contributed by atoms with Crippen molar-refractivity contribution in [2.45, 2.75) is 26.4 Å². The van der Waals surface area contributed by atoms with Crippen LogP contribution in [-0.4, -0.2) is 73.5 Å². The third-order valence-electron chi connectivity index (χ3n) is 4.00. The van der Waals surface area contributed by atoms with Gasteiger partial charge in [-0.3, -0.25) is 14.4 Å². The number of nitrogens with one attached hydrogen (secondary N) is 2. The number of amides is 2. The number of hydrogen-bond donors (Lipinski definition) is 2. The first-order valence-corrected chi connectivity index (χ1v) is 10.6. The normalized spacial score (nSPS) is 22.2. The number of rotatable bonds is 3. The Morgan fingerprint density at radius 2 is 1.78 bits per heavy atom. The zero-order valence-corrected chi connectivity index (χ0v) is 18.8. The number of ether oxygens (including phenoxy) is 3. The fourth-order valence-electron chi connectivity index (χ4n) is 2.32. The summed E-state index contributed by atoms with van der Waals surface area (Å²) in [6.45, 7) is 2.90. The summed E-state index contributed by atoms with van der Waals surface area (Å²) in [5.74, 6) is -3.36. The monoisotopic (exact) mass is 470 g/mol. The molecule has 0 saturated heterocycles. The van der Waals surface area contributed by atoms with Gasteiger partial charge in [0.1, 0.15) is 6.61 Å². The third-order valence-corrected chi connectivity index (χ3v) is 4.83. The summed E-state index contributed by atoms with van der Waals surface area (Å²) in [6.07, 6.45) is 2.15. The second-order valence-corrected chi connectivity index (χ2v) is 8.26. The molecule has 12 heteroatoms. The van der Waals surface area contributed by atoms with E-state index in [9.17, 15) is 28.8 Å². The summed E-state index contributed by atoms with van der Waals surface area (Å²) in [7, 11) is 1.13. The highest BCUT2D eigenvalue weighted by Gasteiger charge is 2.39. The Labute approximate surface area is 189 Å². The maximum absolute atomic E-state index is 12.7. The standard InChI is InChI=1S/C20H26N2O9S/c1-20(2)12-30-15(25)6-7-17(27)32-11-10-21-13(23)8-9-22-19(28)18(20)31-16(26)5-4-14(24)29-3/h4-7,18H,8-12H2,1-3H3,(H,21,23)(H,22,28)/b5-4+,7-6+/t18-/m0/s1. The van der Waals surface area contributed by atoms with Crippen LogP contribution in [-0.2, 0) is 43.0 Å². The van der Waals surface area contributed by atoms with E-state index < -0.39 is 35.3 Å². The Morgan fingerprint density at radius 3 is 2.47 bits per heavy atom. The number of methoxy groups -OCH3 is 1. The minimum absolute atomic E-state index is 0.0391. The summed E-state index contributed by atoms with van der Waals surface area (Å²) in [4.78, 5) is 71.5. The van der Waals surface area contributed by atoms with Crippen molar-refractivity contribution in [3.05, 3.63) is 24.3 Å². The average Bonchev–Trinajstić information content (AvgIpc) is 2.75. The van der Waals surface area contributed by atoms with Gasteiger partial charge in [-0.25, -0.2) is 14.4 Å². The highest BCUT2D eigenvalue weighted by molar-refractivity contribution is 8.14.